The zero-order chi connectivity index (χ0) is 21.7. The number of hydrogen-bond acceptors (Lipinski definition) is 5. The molecule has 0 unspecified atom stereocenters. The average Bonchev–Trinajstić information content (AvgIpc) is 3.09. The quantitative estimate of drug-likeness (QED) is 0.396. The number of hydrogen-bond donors (Lipinski definition) is 0. The van der Waals surface area contributed by atoms with E-state index in [-0.39, 0.29) is 12.2 Å². The second-order valence-corrected chi connectivity index (χ2v) is 7.42. The van der Waals surface area contributed by atoms with Gasteiger partial charge in [0.15, 0.2) is 0 Å². The number of carbonyl (C=O) groups is 1. The van der Waals surface area contributed by atoms with Crippen molar-refractivity contribution in [3.63, 3.8) is 0 Å². The van der Waals surface area contributed by atoms with Gasteiger partial charge in [-0.2, -0.15) is 15.6 Å². The maximum absolute atomic E-state index is 12.6. The minimum atomic E-state index is -0.479. The molecular weight excluding hydrogens is 444 g/mol. The number of rotatable bonds is 5. The summed E-state index contributed by atoms with van der Waals surface area (Å²) in [6.07, 6.45) is 1.51. The van der Waals surface area contributed by atoms with Gasteiger partial charge in [-0.05, 0) is 65.7 Å². The molecule has 0 aliphatic rings. The summed E-state index contributed by atoms with van der Waals surface area (Å²) >= 11 is 3.46. The molecule has 0 fully saturated rings. The van der Waals surface area contributed by atoms with Crippen molar-refractivity contribution in [2.45, 2.75) is 20.5 Å². The Morgan fingerprint density at radius 1 is 1.20 bits per heavy atom. The van der Waals surface area contributed by atoms with Crippen LogP contribution in [0.15, 0.2) is 58.6 Å². The molecule has 6 nitrogen and oxygen atoms in total. The lowest BCUT2D eigenvalue weighted by atomic mass is 10.1. The number of aryl methyl sites for hydroxylation is 2. The lowest BCUT2D eigenvalue weighted by Gasteiger charge is -2.10. The molecule has 30 heavy (non-hydrogen) atoms. The smallest absolute Gasteiger partial charge is 0.289 e. The number of benzene rings is 2. The third-order valence-corrected chi connectivity index (χ3v) is 4.96. The van der Waals surface area contributed by atoms with E-state index < -0.39 is 5.91 Å². The SMILES string of the molecule is Cc1cc(C)n(C(=O)/C(C#N)=C/c2ccc(OCc3ccccc3C#N)c(Br)c2)n1. The molecule has 3 rings (SSSR count). The molecule has 148 valence electrons. The first kappa shape index (κ1) is 21.0. The fourth-order valence-corrected chi connectivity index (χ4v) is 3.40. The minimum absolute atomic E-state index is 0.0234. The van der Waals surface area contributed by atoms with Crippen LogP contribution in [0.4, 0.5) is 0 Å². The van der Waals surface area contributed by atoms with Crippen LogP contribution < -0.4 is 4.74 Å². The van der Waals surface area contributed by atoms with Crippen molar-refractivity contribution in [2.24, 2.45) is 0 Å². The van der Waals surface area contributed by atoms with E-state index in [0.717, 1.165) is 5.56 Å². The van der Waals surface area contributed by atoms with Gasteiger partial charge in [-0.3, -0.25) is 4.79 Å². The Kier molecular flexibility index (Phi) is 6.46. The van der Waals surface area contributed by atoms with Gasteiger partial charge in [0.05, 0.1) is 21.8 Å². The van der Waals surface area contributed by atoms with E-state index in [0.29, 0.717) is 32.7 Å². The van der Waals surface area contributed by atoms with Crippen LogP contribution in [0, 0.1) is 36.5 Å². The zero-order valence-corrected chi connectivity index (χ0v) is 18.0. The fourth-order valence-electron chi connectivity index (χ4n) is 2.89. The second-order valence-electron chi connectivity index (χ2n) is 6.56. The van der Waals surface area contributed by atoms with Crippen LogP contribution in [-0.4, -0.2) is 15.7 Å². The van der Waals surface area contributed by atoms with Crippen LogP contribution in [0.2, 0.25) is 0 Å². The number of halogens is 1. The molecule has 1 aromatic heterocycles. The molecule has 0 spiro atoms. The molecule has 3 aromatic rings. The summed E-state index contributed by atoms with van der Waals surface area (Å²) in [4.78, 5) is 12.6. The number of carbonyl (C=O) groups excluding carboxylic acids is 1. The van der Waals surface area contributed by atoms with Gasteiger partial charge in [-0.1, -0.05) is 24.3 Å². The highest BCUT2D eigenvalue weighted by Gasteiger charge is 2.16. The average molecular weight is 461 g/mol. The Bertz CT molecular complexity index is 1230. The van der Waals surface area contributed by atoms with Gasteiger partial charge in [0, 0.05) is 11.3 Å². The molecule has 2 aromatic carbocycles. The molecule has 0 aliphatic carbocycles. The normalized spacial score (nSPS) is 10.9. The van der Waals surface area contributed by atoms with Crippen LogP contribution >= 0.6 is 15.9 Å². The van der Waals surface area contributed by atoms with Crippen LogP contribution in [0.3, 0.4) is 0 Å². The van der Waals surface area contributed by atoms with Gasteiger partial charge in [0.25, 0.3) is 5.91 Å². The van der Waals surface area contributed by atoms with Gasteiger partial charge in [-0.25, -0.2) is 4.68 Å². The molecule has 0 atom stereocenters. The molecule has 7 heteroatoms. The molecule has 0 N–H and O–H groups in total. The third-order valence-electron chi connectivity index (χ3n) is 4.34. The largest absolute Gasteiger partial charge is 0.488 e. The Morgan fingerprint density at radius 2 is 1.97 bits per heavy atom. The van der Waals surface area contributed by atoms with Crippen molar-refractivity contribution >= 4 is 27.9 Å². The summed E-state index contributed by atoms with van der Waals surface area (Å²) in [5.41, 5.74) is 3.37. The van der Waals surface area contributed by atoms with E-state index in [2.05, 4.69) is 27.1 Å². The number of ether oxygens (including phenoxy) is 1. The van der Waals surface area contributed by atoms with Gasteiger partial charge in [0.2, 0.25) is 0 Å². The molecule has 0 bridgehead atoms. The van der Waals surface area contributed by atoms with Crippen molar-refractivity contribution in [3.05, 3.63) is 86.7 Å². The van der Waals surface area contributed by atoms with E-state index in [1.807, 2.05) is 18.2 Å². The molecule has 0 amide bonds. The first-order chi connectivity index (χ1) is 14.4. The van der Waals surface area contributed by atoms with E-state index >= 15 is 0 Å². The van der Waals surface area contributed by atoms with Crippen molar-refractivity contribution in [2.75, 3.05) is 0 Å². The standard InChI is InChI=1S/C23H17BrN4O2/c1-15-9-16(2)28(27-15)23(29)20(13-26)10-17-7-8-22(21(24)11-17)30-14-19-6-4-3-5-18(19)12-25/h3-11H,14H2,1-2H3/b20-10+. The van der Waals surface area contributed by atoms with Crippen molar-refractivity contribution in [1.29, 1.82) is 10.5 Å². The summed E-state index contributed by atoms with van der Waals surface area (Å²) in [6.45, 7) is 3.80. The minimum Gasteiger partial charge on any atom is -0.488 e. The predicted molar refractivity (Wildman–Crippen MR) is 116 cm³/mol. The van der Waals surface area contributed by atoms with Gasteiger partial charge < -0.3 is 4.74 Å². The fraction of sp³-hybridized carbons (Fsp3) is 0.130. The van der Waals surface area contributed by atoms with Gasteiger partial charge >= 0.3 is 0 Å². The van der Waals surface area contributed by atoms with Crippen molar-refractivity contribution in [3.8, 4) is 17.9 Å². The maximum Gasteiger partial charge on any atom is 0.289 e. The Hall–Kier alpha value is -3.68. The van der Waals surface area contributed by atoms with Gasteiger partial charge in [-0.15, -0.1) is 0 Å². The summed E-state index contributed by atoms with van der Waals surface area (Å²) in [7, 11) is 0. The lowest BCUT2D eigenvalue weighted by Crippen LogP contribution is -2.15. The van der Waals surface area contributed by atoms with Crippen LogP contribution in [-0.2, 0) is 6.61 Å². The topological polar surface area (TPSA) is 91.7 Å². The zero-order valence-electron chi connectivity index (χ0n) is 16.4. The van der Waals surface area contributed by atoms with E-state index in [1.165, 1.54) is 10.8 Å². The highest BCUT2D eigenvalue weighted by atomic mass is 79.9. The van der Waals surface area contributed by atoms with E-state index in [1.54, 1.807) is 50.2 Å². The Balaban J connectivity index is 1.80. The number of nitrogens with zero attached hydrogens (tertiary/aromatic N) is 4. The second kappa shape index (κ2) is 9.21. The number of allylic oxidation sites excluding steroid dienone is 1. The molecule has 0 aliphatic heterocycles. The maximum atomic E-state index is 12.6. The third kappa shape index (κ3) is 4.65. The summed E-state index contributed by atoms with van der Waals surface area (Å²) in [6, 6.07) is 18.4. The molecule has 0 saturated carbocycles. The monoisotopic (exact) mass is 460 g/mol. The molecule has 0 radical (unpaired) electrons. The lowest BCUT2D eigenvalue weighted by molar-refractivity contribution is 0.0943. The van der Waals surface area contributed by atoms with E-state index in [9.17, 15) is 15.3 Å². The number of aromatic nitrogens is 2. The van der Waals surface area contributed by atoms with Crippen LogP contribution in [0.25, 0.3) is 6.08 Å². The van der Waals surface area contributed by atoms with Crippen molar-refractivity contribution < 1.29 is 9.53 Å². The summed E-state index contributed by atoms with van der Waals surface area (Å²) in [5.74, 6) is 0.107. The van der Waals surface area contributed by atoms with Gasteiger partial charge in [0.1, 0.15) is 24.0 Å². The highest BCUT2D eigenvalue weighted by Crippen LogP contribution is 2.28. The highest BCUT2D eigenvalue weighted by molar-refractivity contribution is 9.10. The number of nitriles is 2. The first-order valence-corrected chi connectivity index (χ1v) is 9.82. The van der Waals surface area contributed by atoms with Crippen molar-refractivity contribution in [1.82, 2.24) is 9.78 Å². The first-order valence-electron chi connectivity index (χ1n) is 9.03. The molecule has 0 saturated heterocycles. The molecular formula is C23H17BrN4O2. The van der Waals surface area contributed by atoms with E-state index in [4.69, 9.17) is 4.74 Å². The summed E-state index contributed by atoms with van der Waals surface area (Å²) < 4.78 is 7.72. The van der Waals surface area contributed by atoms with Crippen LogP contribution in [0.1, 0.15) is 32.9 Å². The molecule has 1 heterocycles. The predicted octanol–water partition coefficient (Wildman–Crippen LogP) is 4.96. The Labute approximate surface area is 182 Å². The summed E-state index contributed by atoms with van der Waals surface area (Å²) in [5, 5.41) is 22.8. The van der Waals surface area contributed by atoms with Crippen LogP contribution in [0.5, 0.6) is 5.75 Å². The Morgan fingerprint density at radius 3 is 2.60 bits per heavy atom.